The first-order valence-electron chi connectivity index (χ1n) is 9.13. The Hall–Kier alpha value is -2.90. The average molecular weight is 471 g/mol. The van der Waals surface area contributed by atoms with Crippen molar-refractivity contribution < 1.29 is 8.78 Å². The van der Waals surface area contributed by atoms with Crippen LogP contribution in [0.4, 0.5) is 8.78 Å². The summed E-state index contributed by atoms with van der Waals surface area (Å²) in [5.74, 6) is -1.09. The summed E-state index contributed by atoms with van der Waals surface area (Å²) in [7, 11) is 0. The molecule has 0 N–H and O–H groups in total. The zero-order chi connectivity index (χ0) is 22.1. The van der Waals surface area contributed by atoms with E-state index >= 15 is 0 Å². The summed E-state index contributed by atoms with van der Waals surface area (Å²) in [4.78, 5) is 0. The van der Waals surface area contributed by atoms with Gasteiger partial charge in [0.2, 0.25) is 0 Å². The third-order valence-corrected chi connectivity index (χ3v) is 5.81. The van der Waals surface area contributed by atoms with Crippen molar-refractivity contribution in [3.63, 3.8) is 0 Å². The predicted octanol–water partition coefficient (Wildman–Crippen LogP) is 8.80. The fourth-order valence-electron chi connectivity index (χ4n) is 3.42. The summed E-state index contributed by atoms with van der Waals surface area (Å²) >= 11 is 18.7. The van der Waals surface area contributed by atoms with E-state index in [0.717, 1.165) is 0 Å². The molecule has 0 spiro atoms. The van der Waals surface area contributed by atoms with Crippen molar-refractivity contribution in [3.05, 3.63) is 105 Å². The summed E-state index contributed by atoms with van der Waals surface area (Å²) < 4.78 is 28.9. The van der Waals surface area contributed by atoms with E-state index in [-0.39, 0.29) is 15.6 Å². The van der Waals surface area contributed by atoms with Crippen LogP contribution in [0.25, 0.3) is 33.4 Å². The molecule has 0 aliphatic carbocycles. The Labute approximate surface area is 193 Å². The topological polar surface area (TPSA) is 23.8 Å². The summed E-state index contributed by atoms with van der Waals surface area (Å²) in [5.41, 5.74) is 3.43. The van der Waals surface area contributed by atoms with Crippen molar-refractivity contribution in [1.29, 1.82) is 5.26 Å². The van der Waals surface area contributed by atoms with Gasteiger partial charge in [0.05, 0.1) is 21.7 Å². The van der Waals surface area contributed by atoms with Gasteiger partial charge < -0.3 is 0 Å². The molecular weight excluding hydrogens is 459 g/mol. The van der Waals surface area contributed by atoms with Crippen molar-refractivity contribution in [2.75, 3.05) is 0 Å². The van der Waals surface area contributed by atoms with Crippen molar-refractivity contribution in [1.82, 2.24) is 0 Å². The van der Waals surface area contributed by atoms with Gasteiger partial charge in [-0.1, -0.05) is 65.1 Å². The Bertz CT molecular complexity index is 1360. The van der Waals surface area contributed by atoms with Crippen molar-refractivity contribution >= 4 is 34.8 Å². The smallest absolute Gasteiger partial charge is 0.142 e. The number of nitrogens with zero attached hydrogens (tertiary/aromatic N) is 1. The number of nitriles is 1. The Morgan fingerprint density at radius 3 is 2.19 bits per heavy atom. The molecule has 0 unspecified atom stereocenters. The standard InChI is InChI=1S/C25H12Cl3F2N/c26-17-5-9-22(29)20(12-17)19-7-6-18(15-3-1-2-14(10-15)13-31)24(25(19)28)16-4-8-21(27)23(30)11-16/h1-12H. The molecule has 152 valence electrons. The molecule has 4 rings (SSSR count). The quantitative estimate of drug-likeness (QED) is 0.293. The number of hydrogen-bond donors (Lipinski definition) is 0. The fraction of sp³-hybridized carbons (Fsp3) is 0. The first kappa shape index (κ1) is 21.3. The number of halogens is 5. The highest BCUT2D eigenvalue weighted by Gasteiger charge is 2.19. The van der Waals surface area contributed by atoms with Crippen LogP contribution in [0.3, 0.4) is 0 Å². The second-order valence-electron chi connectivity index (χ2n) is 6.80. The molecule has 0 atom stereocenters. The molecule has 4 aromatic carbocycles. The zero-order valence-electron chi connectivity index (χ0n) is 15.8. The van der Waals surface area contributed by atoms with Crippen LogP contribution in [0.15, 0.2) is 72.8 Å². The van der Waals surface area contributed by atoms with Crippen molar-refractivity contribution in [2.24, 2.45) is 0 Å². The highest BCUT2D eigenvalue weighted by Crippen LogP contribution is 2.44. The molecule has 6 heteroatoms. The van der Waals surface area contributed by atoms with Crippen molar-refractivity contribution in [3.8, 4) is 39.4 Å². The Kier molecular flexibility index (Phi) is 5.98. The molecule has 4 aromatic rings. The Balaban J connectivity index is 2.04. The van der Waals surface area contributed by atoms with Gasteiger partial charge in [-0.2, -0.15) is 5.26 Å². The molecule has 0 heterocycles. The van der Waals surface area contributed by atoms with E-state index in [1.165, 1.54) is 30.3 Å². The average Bonchev–Trinajstić information content (AvgIpc) is 2.77. The predicted molar refractivity (Wildman–Crippen MR) is 122 cm³/mol. The van der Waals surface area contributed by atoms with Crippen molar-refractivity contribution in [2.45, 2.75) is 0 Å². The molecule has 0 aromatic heterocycles. The summed E-state index contributed by atoms with van der Waals surface area (Å²) in [6, 6.07) is 21.1. The minimum absolute atomic E-state index is 0.0232. The second-order valence-corrected chi connectivity index (χ2v) is 8.02. The molecule has 0 saturated carbocycles. The molecule has 0 fully saturated rings. The maximum atomic E-state index is 14.6. The third-order valence-electron chi connectivity index (χ3n) is 4.87. The van der Waals surface area contributed by atoms with Crippen LogP contribution in [0.1, 0.15) is 5.56 Å². The number of hydrogen-bond acceptors (Lipinski definition) is 1. The molecule has 0 bridgehead atoms. The lowest BCUT2D eigenvalue weighted by Crippen LogP contribution is -1.93. The number of rotatable bonds is 3. The third kappa shape index (κ3) is 4.16. The van der Waals surface area contributed by atoms with Crippen LogP contribution in [0.2, 0.25) is 15.1 Å². The van der Waals surface area contributed by atoms with Crippen LogP contribution < -0.4 is 0 Å². The largest absolute Gasteiger partial charge is 0.206 e. The fourth-order valence-corrected chi connectivity index (χ4v) is 4.08. The van der Waals surface area contributed by atoms with Crippen LogP contribution in [-0.4, -0.2) is 0 Å². The van der Waals surface area contributed by atoms with Gasteiger partial charge in [0.15, 0.2) is 0 Å². The highest BCUT2D eigenvalue weighted by atomic mass is 35.5. The molecule has 0 saturated heterocycles. The Morgan fingerprint density at radius 1 is 0.677 bits per heavy atom. The molecule has 31 heavy (non-hydrogen) atoms. The lowest BCUT2D eigenvalue weighted by molar-refractivity contribution is 0.628. The van der Waals surface area contributed by atoms with Gasteiger partial charge in [-0.25, -0.2) is 8.78 Å². The van der Waals surface area contributed by atoms with Gasteiger partial charge in [0, 0.05) is 21.7 Å². The minimum Gasteiger partial charge on any atom is -0.206 e. The van der Waals surface area contributed by atoms with E-state index in [0.29, 0.717) is 38.4 Å². The van der Waals surface area contributed by atoms with E-state index in [4.69, 9.17) is 34.8 Å². The zero-order valence-corrected chi connectivity index (χ0v) is 18.0. The summed E-state index contributed by atoms with van der Waals surface area (Å²) in [6.07, 6.45) is 0. The van der Waals surface area contributed by atoms with Crippen LogP contribution in [0, 0.1) is 23.0 Å². The first-order valence-corrected chi connectivity index (χ1v) is 10.3. The van der Waals surface area contributed by atoms with Gasteiger partial charge in [-0.05, 0) is 59.2 Å². The molecule has 0 radical (unpaired) electrons. The summed E-state index contributed by atoms with van der Waals surface area (Å²) in [6.45, 7) is 0. The monoisotopic (exact) mass is 469 g/mol. The highest BCUT2D eigenvalue weighted by molar-refractivity contribution is 6.37. The van der Waals surface area contributed by atoms with Gasteiger partial charge in [0.1, 0.15) is 11.6 Å². The van der Waals surface area contributed by atoms with E-state index in [1.807, 2.05) is 6.07 Å². The van der Waals surface area contributed by atoms with E-state index in [1.54, 1.807) is 36.4 Å². The first-order chi connectivity index (χ1) is 14.9. The number of benzene rings is 4. The van der Waals surface area contributed by atoms with E-state index in [9.17, 15) is 14.0 Å². The molecule has 0 aliphatic heterocycles. The van der Waals surface area contributed by atoms with Gasteiger partial charge in [0.25, 0.3) is 0 Å². The molecule has 1 nitrogen and oxygen atoms in total. The maximum Gasteiger partial charge on any atom is 0.142 e. The SMILES string of the molecule is N#Cc1cccc(-c2ccc(-c3cc(Cl)ccc3F)c(Cl)c2-c2ccc(Cl)c(F)c2)c1. The normalized spacial score (nSPS) is 10.7. The Morgan fingerprint density at radius 2 is 1.45 bits per heavy atom. The van der Waals surface area contributed by atoms with E-state index < -0.39 is 11.6 Å². The van der Waals surface area contributed by atoms with Crippen LogP contribution in [-0.2, 0) is 0 Å². The van der Waals surface area contributed by atoms with Gasteiger partial charge >= 0.3 is 0 Å². The molecule has 0 amide bonds. The van der Waals surface area contributed by atoms with Gasteiger partial charge in [-0.3, -0.25) is 0 Å². The molecular formula is C25H12Cl3F2N. The van der Waals surface area contributed by atoms with Crippen LogP contribution in [0.5, 0.6) is 0 Å². The van der Waals surface area contributed by atoms with Gasteiger partial charge in [-0.15, -0.1) is 0 Å². The van der Waals surface area contributed by atoms with Crippen LogP contribution >= 0.6 is 34.8 Å². The van der Waals surface area contributed by atoms with E-state index in [2.05, 4.69) is 6.07 Å². The second kappa shape index (κ2) is 8.69. The lowest BCUT2D eigenvalue weighted by Gasteiger charge is -2.17. The lowest BCUT2D eigenvalue weighted by atomic mass is 9.90. The summed E-state index contributed by atoms with van der Waals surface area (Å²) in [5, 5.41) is 9.83. The minimum atomic E-state index is -0.605. The molecule has 0 aliphatic rings. The maximum absolute atomic E-state index is 14.6.